The van der Waals surface area contributed by atoms with Crippen LogP contribution in [0.15, 0.2) is 34.7 Å². The summed E-state index contributed by atoms with van der Waals surface area (Å²) in [5, 5.41) is 1.78. The van der Waals surface area contributed by atoms with Gasteiger partial charge in [-0.05, 0) is 12.1 Å². The topological polar surface area (TPSA) is 142 Å². The van der Waals surface area contributed by atoms with Gasteiger partial charge in [0, 0.05) is 0 Å². The molecular weight excluding hydrogens is 471 g/mol. The van der Waals surface area contributed by atoms with Crippen LogP contribution in [0.5, 0.6) is 17.8 Å². The van der Waals surface area contributed by atoms with Crippen molar-refractivity contribution in [1.29, 1.82) is 0 Å². The number of amides is 2. The Labute approximate surface area is 180 Å². The number of para-hydroxylation sites is 1. The first kappa shape index (κ1) is 25.8. The molecule has 0 saturated heterocycles. The van der Waals surface area contributed by atoms with E-state index in [4.69, 9.17) is 16.3 Å². The molecule has 0 bridgehead atoms. The molecule has 1 aromatic heterocycles. The quantitative estimate of drug-likeness (QED) is 0.585. The van der Waals surface area contributed by atoms with Crippen molar-refractivity contribution in [1.82, 2.24) is 15.0 Å². The molecule has 0 atom stereocenters. The number of rotatable bonds is 7. The summed E-state index contributed by atoms with van der Waals surface area (Å²) in [6, 6.07) is 7.04. The summed E-state index contributed by atoms with van der Waals surface area (Å²) in [7, 11) is -1.91. The lowest BCUT2D eigenvalue weighted by Gasteiger charge is -2.09. The zero-order valence-electron chi connectivity index (χ0n) is 15.7. The van der Waals surface area contributed by atoms with Gasteiger partial charge in [-0.3, -0.25) is 5.32 Å². The first-order chi connectivity index (χ1) is 14.6. The Morgan fingerprint density at radius 1 is 1.13 bits per heavy atom. The van der Waals surface area contributed by atoms with Crippen LogP contribution in [0.4, 0.5) is 23.9 Å². The van der Waals surface area contributed by atoms with E-state index < -0.39 is 47.3 Å². The molecule has 0 radical (unpaired) electrons. The second-order valence-electron chi connectivity index (χ2n) is 4.92. The second-order valence-corrected chi connectivity index (χ2v) is 5.92. The summed E-state index contributed by atoms with van der Waals surface area (Å²) in [6.07, 6.45) is -4.63. The first-order valence-corrected chi connectivity index (χ1v) is 9.55. The Hall–Kier alpha value is -3.20. The van der Waals surface area contributed by atoms with E-state index in [0.29, 0.717) is 12.5 Å². The molecule has 1 N–H and O–H groups in total. The zero-order chi connectivity index (χ0) is 23.3. The number of carbonyl (C=O) groups excluding carboxylic acids is 1. The maximum atomic E-state index is 12.0. The lowest BCUT2D eigenvalue weighted by molar-refractivity contribution is -0.154. The predicted octanol–water partition coefficient (Wildman–Crippen LogP) is 2.72. The third kappa shape index (κ3) is 12.2. The smallest absolute Gasteiger partial charge is 0.422 e. The van der Waals surface area contributed by atoms with Gasteiger partial charge in [0.15, 0.2) is 6.61 Å². The molecule has 1 aromatic carbocycles. The number of benzene rings is 1. The molecule has 0 aliphatic carbocycles. The van der Waals surface area contributed by atoms with Gasteiger partial charge in [-0.2, -0.15) is 31.6 Å². The van der Waals surface area contributed by atoms with Crippen LogP contribution in [-0.4, -0.2) is 61.8 Å². The van der Waals surface area contributed by atoms with Gasteiger partial charge in [-0.1, -0.05) is 22.6 Å². The summed E-state index contributed by atoms with van der Waals surface area (Å²) in [6.45, 7) is -1.10. The normalized spacial score (nSPS) is 10.2. The van der Waals surface area contributed by atoms with Gasteiger partial charge < -0.3 is 14.2 Å². The number of nitrogens with zero attached hydrogens (tertiary/aromatic N) is 4. The van der Waals surface area contributed by atoms with Crippen LogP contribution in [0.3, 0.4) is 0 Å². The van der Waals surface area contributed by atoms with E-state index >= 15 is 0 Å². The van der Waals surface area contributed by atoms with E-state index in [9.17, 15) is 26.4 Å². The Balaban J connectivity index is 0.000000399. The van der Waals surface area contributed by atoms with Crippen molar-refractivity contribution >= 4 is 34.1 Å². The molecule has 31 heavy (non-hydrogen) atoms. The Morgan fingerprint density at radius 3 is 2.32 bits per heavy atom. The van der Waals surface area contributed by atoms with Crippen LogP contribution >= 0.6 is 11.6 Å². The first-order valence-electron chi connectivity index (χ1n) is 7.98. The highest BCUT2D eigenvalue weighted by Crippen LogP contribution is 2.18. The van der Waals surface area contributed by atoms with Gasteiger partial charge in [-0.25, -0.2) is 4.79 Å². The van der Waals surface area contributed by atoms with Crippen LogP contribution < -0.4 is 19.5 Å². The lowest BCUT2D eigenvalue weighted by atomic mass is 10.3. The molecule has 1 heterocycles. The lowest BCUT2D eigenvalue weighted by Crippen LogP contribution is -2.21. The summed E-state index contributed by atoms with van der Waals surface area (Å²) in [5.74, 6) is 0.816. The highest BCUT2D eigenvalue weighted by molar-refractivity contribution is 7.62. The molecular formula is C15H15ClF3N5O6S. The van der Waals surface area contributed by atoms with E-state index in [1.807, 2.05) is 30.3 Å². The SMILES string of the molecule is COc1nc(NC(=O)N=S(=O)=O)nc(OCC(F)(F)F)n1.ClCCOc1ccccc1. The van der Waals surface area contributed by atoms with Crippen molar-refractivity contribution in [2.24, 2.45) is 4.36 Å². The number of methoxy groups -OCH3 is 1. The number of urea groups is 1. The van der Waals surface area contributed by atoms with Crippen molar-refractivity contribution < 1.29 is 40.6 Å². The molecule has 0 saturated carbocycles. The third-order valence-electron chi connectivity index (χ3n) is 2.61. The summed E-state index contributed by atoms with van der Waals surface area (Å²) in [5.41, 5.74) is 0. The number of carbonyl (C=O) groups is 1. The number of nitrogens with one attached hydrogen (secondary N) is 1. The molecule has 0 fully saturated rings. The predicted molar refractivity (Wildman–Crippen MR) is 101 cm³/mol. The standard InChI is InChI=1S/C8H9ClO.C7H6F3N5O5S/c9-6-7-10-8-4-2-1-3-5-8;1-19-5-12-3(11-4(16)15-21(17)18)13-6(14-5)20-2-7(8,9)10/h1-5H,6-7H2;2H2,1H3,(H,11,12,13,14,16). The van der Waals surface area contributed by atoms with Crippen LogP contribution in [-0.2, 0) is 10.5 Å². The molecule has 2 aromatic rings. The van der Waals surface area contributed by atoms with Crippen LogP contribution in [0.25, 0.3) is 0 Å². The summed E-state index contributed by atoms with van der Waals surface area (Å²) in [4.78, 5) is 21.1. The largest absolute Gasteiger partial charge is 0.492 e. The average molecular weight is 486 g/mol. The monoisotopic (exact) mass is 485 g/mol. The highest BCUT2D eigenvalue weighted by Gasteiger charge is 2.29. The van der Waals surface area contributed by atoms with Crippen LogP contribution in [0.1, 0.15) is 0 Å². The van der Waals surface area contributed by atoms with Crippen molar-refractivity contribution in [3.8, 4) is 17.8 Å². The third-order valence-corrected chi connectivity index (χ3v) is 3.08. The van der Waals surface area contributed by atoms with Gasteiger partial charge in [0.2, 0.25) is 5.95 Å². The zero-order valence-corrected chi connectivity index (χ0v) is 17.2. The number of halogens is 4. The molecule has 16 heteroatoms. The maximum Gasteiger partial charge on any atom is 0.422 e. The molecule has 170 valence electrons. The number of alkyl halides is 4. The van der Waals surface area contributed by atoms with E-state index in [0.717, 1.165) is 12.9 Å². The minimum atomic E-state index is -4.63. The minimum Gasteiger partial charge on any atom is -0.492 e. The van der Waals surface area contributed by atoms with Gasteiger partial charge >= 0.3 is 34.7 Å². The van der Waals surface area contributed by atoms with Crippen molar-refractivity contribution in [3.05, 3.63) is 30.3 Å². The van der Waals surface area contributed by atoms with Gasteiger partial charge in [0.05, 0.1) is 13.0 Å². The molecule has 11 nitrogen and oxygen atoms in total. The molecule has 0 aliphatic heterocycles. The van der Waals surface area contributed by atoms with Gasteiger partial charge in [-0.15, -0.1) is 16.6 Å². The van der Waals surface area contributed by atoms with E-state index in [2.05, 4.69) is 28.8 Å². The molecule has 0 unspecified atom stereocenters. The Kier molecular flexibility index (Phi) is 11.0. The Bertz CT molecular complexity index is 971. The highest BCUT2D eigenvalue weighted by atomic mass is 35.5. The summed E-state index contributed by atoms with van der Waals surface area (Å²) >= 11 is 5.43. The molecule has 2 rings (SSSR count). The maximum absolute atomic E-state index is 12.0. The van der Waals surface area contributed by atoms with E-state index in [-0.39, 0.29) is 0 Å². The fourth-order valence-corrected chi connectivity index (χ4v) is 1.81. The fraction of sp³-hybridized carbons (Fsp3) is 0.333. The molecule has 0 aliphatic rings. The van der Waals surface area contributed by atoms with E-state index in [1.165, 1.54) is 0 Å². The van der Waals surface area contributed by atoms with E-state index in [1.54, 1.807) is 5.32 Å². The van der Waals surface area contributed by atoms with Crippen molar-refractivity contribution in [2.75, 3.05) is 31.5 Å². The number of anilines is 1. The summed E-state index contributed by atoms with van der Waals surface area (Å²) < 4.78 is 72.9. The minimum absolute atomic E-state index is 0.458. The van der Waals surface area contributed by atoms with Crippen molar-refractivity contribution in [2.45, 2.75) is 6.18 Å². The van der Waals surface area contributed by atoms with Crippen molar-refractivity contribution in [3.63, 3.8) is 0 Å². The number of ether oxygens (including phenoxy) is 3. The van der Waals surface area contributed by atoms with Gasteiger partial charge in [0.25, 0.3) is 0 Å². The fourth-order valence-electron chi connectivity index (χ4n) is 1.56. The van der Waals surface area contributed by atoms with Crippen LogP contribution in [0, 0.1) is 0 Å². The number of hydrogen-bond acceptors (Lipinski definition) is 9. The Morgan fingerprint density at radius 2 is 1.77 bits per heavy atom. The van der Waals surface area contributed by atoms with Gasteiger partial charge in [0.1, 0.15) is 12.4 Å². The number of hydrogen-bond donors (Lipinski definition) is 1. The molecule has 0 spiro atoms. The molecule has 2 amide bonds. The second kappa shape index (κ2) is 13.2. The number of aromatic nitrogens is 3. The average Bonchev–Trinajstić information content (AvgIpc) is 2.70. The van der Waals surface area contributed by atoms with Crippen LogP contribution in [0.2, 0.25) is 0 Å².